The lowest BCUT2D eigenvalue weighted by Crippen LogP contribution is -2.33. The first-order chi connectivity index (χ1) is 14.0. The quantitative estimate of drug-likeness (QED) is 0.826. The molecule has 29 heavy (non-hydrogen) atoms. The number of carbonyl (C=O) groups excluding carboxylic acids is 2. The molecule has 2 aliphatic rings. The lowest BCUT2D eigenvalue weighted by atomic mass is 10.1. The molecule has 1 saturated heterocycles. The van der Waals surface area contributed by atoms with Gasteiger partial charge in [0.2, 0.25) is 11.8 Å². The van der Waals surface area contributed by atoms with Crippen LogP contribution in [0.25, 0.3) is 0 Å². The Labute approximate surface area is 169 Å². The maximum Gasteiger partial charge on any atom is 0.227 e. The summed E-state index contributed by atoms with van der Waals surface area (Å²) in [5.41, 5.74) is 1.65. The van der Waals surface area contributed by atoms with E-state index in [-0.39, 0.29) is 18.2 Å². The van der Waals surface area contributed by atoms with Crippen LogP contribution in [0.4, 0.5) is 11.5 Å². The van der Waals surface area contributed by atoms with Crippen molar-refractivity contribution in [1.29, 1.82) is 0 Å². The molecule has 152 valence electrons. The number of fused-ring (bicyclic) bond motifs is 1. The molecule has 1 atom stereocenters. The summed E-state index contributed by atoms with van der Waals surface area (Å²) in [4.78, 5) is 33.1. The highest BCUT2D eigenvalue weighted by Crippen LogP contribution is 2.36. The Morgan fingerprint density at radius 2 is 2.03 bits per heavy atom. The molecule has 0 aliphatic carbocycles. The van der Waals surface area contributed by atoms with Crippen LogP contribution in [0.5, 0.6) is 11.5 Å². The molecule has 8 heteroatoms. The number of hydrogen-bond acceptors (Lipinski definition) is 6. The molecular formula is C21H24N4O4. The second-order valence-electron chi connectivity index (χ2n) is 7.33. The predicted molar refractivity (Wildman–Crippen MR) is 108 cm³/mol. The molecule has 1 aromatic carbocycles. The van der Waals surface area contributed by atoms with Crippen LogP contribution >= 0.6 is 0 Å². The highest BCUT2D eigenvalue weighted by molar-refractivity contribution is 6.00. The van der Waals surface area contributed by atoms with E-state index in [1.807, 2.05) is 37.2 Å². The number of aromatic nitrogens is 1. The number of rotatable bonds is 5. The number of benzene rings is 1. The maximum atomic E-state index is 12.7. The SMILES string of the molecule is CN(C)c1ncccc1CNC(=O)C1CC(=O)N(c2ccc3c(c2)OCCO3)C1. The Morgan fingerprint density at radius 3 is 2.83 bits per heavy atom. The first kappa shape index (κ1) is 19.0. The summed E-state index contributed by atoms with van der Waals surface area (Å²) in [6.07, 6.45) is 1.91. The lowest BCUT2D eigenvalue weighted by Gasteiger charge is -2.22. The van der Waals surface area contributed by atoms with Gasteiger partial charge in [-0.15, -0.1) is 0 Å². The van der Waals surface area contributed by atoms with Gasteiger partial charge in [-0.1, -0.05) is 6.07 Å². The molecular weight excluding hydrogens is 372 g/mol. The molecule has 0 spiro atoms. The van der Waals surface area contributed by atoms with E-state index in [1.54, 1.807) is 23.2 Å². The second kappa shape index (κ2) is 7.98. The Morgan fingerprint density at radius 1 is 1.24 bits per heavy atom. The van der Waals surface area contributed by atoms with Crippen molar-refractivity contribution in [3.63, 3.8) is 0 Å². The summed E-state index contributed by atoms with van der Waals surface area (Å²) in [6.45, 7) is 1.72. The van der Waals surface area contributed by atoms with Crippen LogP contribution in [0.1, 0.15) is 12.0 Å². The van der Waals surface area contributed by atoms with Crippen molar-refractivity contribution in [2.75, 3.05) is 43.7 Å². The van der Waals surface area contributed by atoms with Gasteiger partial charge in [0.25, 0.3) is 0 Å². The van der Waals surface area contributed by atoms with E-state index < -0.39 is 5.92 Å². The van der Waals surface area contributed by atoms with E-state index in [1.165, 1.54) is 0 Å². The predicted octanol–water partition coefficient (Wildman–Crippen LogP) is 1.59. The minimum atomic E-state index is -0.393. The molecule has 8 nitrogen and oxygen atoms in total. The normalized spacial score (nSPS) is 17.9. The van der Waals surface area contributed by atoms with Gasteiger partial charge in [-0.05, 0) is 18.2 Å². The van der Waals surface area contributed by atoms with Gasteiger partial charge in [0.05, 0.1) is 5.92 Å². The number of anilines is 2. The van der Waals surface area contributed by atoms with Crippen molar-refractivity contribution in [1.82, 2.24) is 10.3 Å². The molecule has 3 heterocycles. The van der Waals surface area contributed by atoms with Crippen molar-refractivity contribution in [3.05, 3.63) is 42.1 Å². The van der Waals surface area contributed by atoms with Gasteiger partial charge in [-0.25, -0.2) is 4.98 Å². The summed E-state index contributed by atoms with van der Waals surface area (Å²) in [5, 5.41) is 2.95. The molecule has 4 rings (SSSR count). The smallest absolute Gasteiger partial charge is 0.227 e. The Bertz CT molecular complexity index is 931. The van der Waals surface area contributed by atoms with Gasteiger partial charge in [-0.3, -0.25) is 9.59 Å². The molecule has 0 bridgehead atoms. The highest BCUT2D eigenvalue weighted by Gasteiger charge is 2.35. The second-order valence-corrected chi connectivity index (χ2v) is 7.33. The van der Waals surface area contributed by atoms with Crippen LogP contribution in [0.15, 0.2) is 36.5 Å². The van der Waals surface area contributed by atoms with E-state index in [2.05, 4.69) is 10.3 Å². The number of amides is 2. The summed E-state index contributed by atoms with van der Waals surface area (Å²) in [7, 11) is 3.82. The zero-order valence-electron chi connectivity index (χ0n) is 16.6. The minimum Gasteiger partial charge on any atom is -0.486 e. The lowest BCUT2D eigenvalue weighted by molar-refractivity contribution is -0.126. The topological polar surface area (TPSA) is 84.0 Å². The van der Waals surface area contributed by atoms with Gasteiger partial charge >= 0.3 is 0 Å². The molecule has 1 unspecified atom stereocenters. The molecule has 2 amide bonds. The van der Waals surface area contributed by atoms with Crippen LogP contribution in [0, 0.1) is 5.92 Å². The highest BCUT2D eigenvalue weighted by atomic mass is 16.6. The van der Waals surface area contributed by atoms with E-state index in [9.17, 15) is 9.59 Å². The van der Waals surface area contributed by atoms with Crippen molar-refractivity contribution in [2.24, 2.45) is 5.92 Å². The van der Waals surface area contributed by atoms with Crippen molar-refractivity contribution < 1.29 is 19.1 Å². The summed E-state index contributed by atoms with van der Waals surface area (Å²) in [5.74, 6) is 1.52. The summed E-state index contributed by atoms with van der Waals surface area (Å²) in [6, 6.07) is 9.20. The number of ether oxygens (including phenoxy) is 2. The van der Waals surface area contributed by atoms with Gasteiger partial charge in [-0.2, -0.15) is 0 Å². The first-order valence-electron chi connectivity index (χ1n) is 9.62. The first-order valence-corrected chi connectivity index (χ1v) is 9.62. The van der Waals surface area contributed by atoms with Crippen LogP contribution in [0.2, 0.25) is 0 Å². The third-order valence-corrected chi connectivity index (χ3v) is 5.08. The van der Waals surface area contributed by atoms with Crippen LogP contribution in [-0.4, -0.2) is 50.7 Å². The zero-order chi connectivity index (χ0) is 20.4. The summed E-state index contributed by atoms with van der Waals surface area (Å²) >= 11 is 0. The number of carbonyl (C=O) groups is 2. The molecule has 1 aromatic heterocycles. The monoisotopic (exact) mass is 396 g/mol. The largest absolute Gasteiger partial charge is 0.486 e. The molecule has 1 fully saturated rings. The zero-order valence-corrected chi connectivity index (χ0v) is 16.6. The molecule has 0 saturated carbocycles. The van der Waals surface area contributed by atoms with Crippen LogP contribution in [-0.2, 0) is 16.1 Å². The fourth-order valence-corrected chi connectivity index (χ4v) is 3.63. The minimum absolute atomic E-state index is 0.0720. The third-order valence-electron chi connectivity index (χ3n) is 5.08. The Balaban J connectivity index is 1.41. The van der Waals surface area contributed by atoms with Crippen molar-refractivity contribution in [2.45, 2.75) is 13.0 Å². The van der Waals surface area contributed by atoms with E-state index >= 15 is 0 Å². The van der Waals surface area contributed by atoms with Crippen LogP contribution < -0.4 is 24.6 Å². The van der Waals surface area contributed by atoms with E-state index in [0.717, 1.165) is 17.1 Å². The van der Waals surface area contributed by atoms with Gasteiger partial charge in [0, 0.05) is 57.1 Å². The molecule has 1 N–H and O–H groups in total. The van der Waals surface area contributed by atoms with Crippen molar-refractivity contribution >= 4 is 23.3 Å². The van der Waals surface area contributed by atoms with Gasteiger partial charge < -0.3 is 24.6 Å². The fourth-order valence-electron chi connectivity index (χ4n) is 3.63. The number of hydrogen-bond donors (Lipinski definition) is 1. The molecule has 2 aromatic rings. The average Bonchev–Trinajstić information content (AvgIpc) is 3.13. The maximum absolute atomic E-state index is 12.7. The number of pyridine rings is 1. The van der Waals surface area contributed by atoms with E-state index in [4.69, 9.17) is 9.47 Å². The third kappa shape index (κ3) is 3.96. The van der Waals surface area contributed by atoms with Crippen LogP contribution in [0.3, 0.4) is 0 Å². The molecule has 2 aliphatic heterocycles. The van der Waals surface area contributed by atoms with Gasteiger partial charge in [0.15, 0.2) is 11.5 Å². The number of nitrogens with one attached hydrogen (secondary N) is 1. The summed E-state index contributed by atoms with van der Waals surface area (Å²) < 4.78 is 11.1. The Hall–Kier alpha value is -3.29. The average molecular weight is 396 g/mol. The van der Waals surface area contributed by atoms with Crippen molar-refractivity contribution in [3.8, 4) is 11.5 Å². The standard InChI is InChI=1S/C21H24N4O4/c1-24(2)20-14(4-3-7-22-20)12-23-21(27)15-10-19(26)25(13-15)16-5-6-17-18(11-16)29-9-8-28-17/h3-7,11,15H,8-10,12-13H2,1-2H3,(H,23,27). The number of nitrogens with zero attached hydrogens (tertiary/aromatic N) is 3. The van der Waals surface area contributed by atoms with Gasteiger partial charge in [0.1, 0.15) is 19.0 Å². The fraction of sp³-hybridized carbons (Fsp3) is 0.381. The van der Waals surface area contributed by atoms with E-state index in [0.29, 0.717) is 37.8 Å². The molecule has 0 radical (unpaired) electrons. The Kier molecular flexibility index (Phi) is 5.24.